The van der Waals surface area contributed by atoms with Crippen molar-refractivity contribution in [3.05, 3.63) is 157 Å². The molecule has 2 aromatic heterocycles. The average molecular weight is 555 g/mol. The van der Waals surface area contributed by atoms with Gasteiger partial charge in [-0.25, -0.2) is 12.4 Å². The molecule has 0 saturated heterocycles. The molecule has 41 heavy (non-hydrogen) atoms. The number of hydrogen-bond acceptors (Lipinski definition) is 3. The number of fused-ring (bicyclic) bond motifs is 2. The van der Waals surface area contributed by atoms with E-state index in [1.165, 1.54) is 3.97 Å². The molecular formula is C35H26N2O3S. The maximum absolute atomic E-state index is 14.0. The van der Waals surface area contributed by atoms with Crippen LogP contribution in [0.5, 0.6) is 0 Å². The molecule has 6 heteroatoms. The monoisotopic (exact) mass is 554 g/mol. The Morgan fingerprint density at radius 2 is 1.20 bits per heavy atom. The summed E-state index contributed by atoms with van der Waals surface area (Å²) in [7, 11) is -3.90. The van der Waals surface area contributed by atoms with Gasteiger partial charge in [0.2, 0.25) is 0 Å². The topological polar surface area (TPSA) is 64.2 Å². The fourth-order valence-corrected chi connectivity index (χ4v) is 7.12. The first kappa shape index (κ1) is 25.1. The third-order valence-corrected chi connectivity index (χ3v) is 9.22. The van der Waals surface area contributed by atoms with Crippen LogP contribution in [0.15, 0.2) is 150 Å². The first-order chi connectivity index (χ1) is 20.0. The van der Waals surface area contributed by atoms with Crippen molar-refractivity contribution in [2.75, 3.05) is 0 Å². The van der Waals surface area contributed by atoms with E-state index in [9.17, 15) is 13.5 Å². The van der Waals surface area contributed by atoms with Gasteiger partial charge in [0, 0.05) is 16.5 Å². The molecule has 1 unspecified atom stereocenters. The van der Waals surface area contributed by atoms with Crippen LogP contribution in [-0.2, 0) is 10.0 Å². The lowest BCUT2D eigenvalue weighted by Gasteiger charge is -2.18. The van der Waals surface area contributed by atoms with Crippen molar-refractivity contribution < 1.29 is 13.5 Å². The lowest BCUT2D eigenvalue weighted by atomic mass is 10.0. The molecule has 200 valence electrons. The molecule has 5 nitrogen and oxygen atoms in total. The zero-order valence-corrected chi connectivity index (χ0v) is 22.8. The first-order valence-electron chi connectivity index (χ1n) is 13.4. The van der Waals surface area contributed by atoms with E-state index in [4.69, 9.17) is 0 Å². The Balaban J connectivity index is 1.40. The maximum Gasteiger partial charge on any atom is 0.268 e. The highest BCUT2D eigenvalue weighted by molar-refractivity contribution is 7.90. The summed E-state index contributed by atoms with van der Waals surface area (Å²) >= 11 is 0. The van der Waals surface area contributed by atoms with Crippen molar-refractivity contribution in [1.82, 2.24) is 8.54 Å². The van der Waals surface area contributed by atoms with E-state index in [0.29, 0.717) is 22.3 Å². The van der Waals surface area contributed by atoms with Crippen LogP contribution >= 0.6 is 0 Å². The normalized spacial score (nSPS) is 12.6. The molecular weight excluding hydrogens is 528 g/mol. The highest BCUT2D eigenvalue weighted by Gasteiger charge is 2.25. The number of rotatable bonds is 6. The van der Waals surface area contributed by atoms with Gasteiger partial charge in [-0.15, -0.1) is 0 Å². The number of hydrogen-bond donors (Lipinski definition) is 1. The van der Waals surface area contributed by atoms with Gasteiger partial charge in [-0.3, -0.25) is 0 Å². The summed E-state index contributed by atoms with van der Waals surface area (Å²) in [6.07, 6.45) is -0.953. The molecule has 0 spiro atoms. The second-order valence-corrected chi connectivity index (χ2v) is 11.8. The molecule has 7 aromatic rings. The van der Waals surface area contributed by atoms with Crippen molar-refractivity contribution in [3.8, 4) is 16.9 Å². The van der Waals surface area contributed by atoms with Gasteiger partial charge in [-0.1, -0.05) is 91.0 Å². The second kappa shape index (κ2) is 9.93. The SMILES string of the molecule is O=S(=O)(c1ccccc1)n1c(-c2cccc(C(O)c3cc4ccccc4n3-c3ccccc3)c2)cc2ccccc21. The Bertz CT molecular complexity index is 2130. The Morgan fingerprint density at radius 1 is 0.585 bits per heavy atom. The number of aromatic nitrogens is 2. The van der Waals surface area contributed by atoms with Crippen LogP contribution in [0.3, 0.4) is 0 Å². The fraction of sp³-hybridized carbons (Fsp3) is 0.0286. The van der Waals surface area contributed by atoms with Gasteiger partial charge in [-0.05, 0) is 65.7 Å². The van der Waals surface area contributed by atoms with Crippen molar-refractivity contribution >= 4 is 31.8 Å². The van der Waals surface area contributed by atoms with E-state index in [-0.39, 0.29) is 4.90 Å². The minimum absolute atomic E-state index is 0.214. The van der Waals surface area contributed by atoms with Gasteiger partial charge >= 0.3 is 0 Å². The first-order valence-corrected chi connectivity index (χ1v) is 14.8. The molecule has 0 saturated carbocycles. The number of benzene rings is 5. The third-order valence-electron chi connectivity index (χ3n) is 7.48. The molecule has 0 radical (unpaired) electrons. The molecule has 7 rings (SSSR count). The van der Waals surface area contributed by atoms with Crippen molar-refractivity contribution in [1.29, 1.82) is 0 Å². The Hall–Kier alpha value is -4.91. The molecule has 0 fully saturated rings. The van der Waals surface area contributed by atoms with Crippen LogP contribution in [0.25, 0.3) is 38.8 Å². The number of aliphatic hydroxyl groups is 1. The molecule has 0 amide bonds. The molecule has 2 heterocycles. The van der Waals surface area contributed by atoms with Crippen LogP contribution < -0.4 is 0 Å². The van der Waals surface area contributed by atoms with E-state index in [1.807, 2.05) is 115 Å². The Kier molecular flexibility index (Phi) is 6.07. The standard InChI is InChI=1S/C35H26N2O3S/c38-35(34-24-26-12-7-9-20-31(26)36(34)29-16-3-1-4-17-29)28-15-11-14-25(22-28)33-23-27-13-8-10-21-32(27)37(33)41(39,40)30-18-5-2-6-19-30/h1-24,35,38H. The minimum Gasteiger partial charge on any atom is -0.382 e. The van der Waals surface area contributed by atoms with Crippen LogP contribution in [0, 0.1) is 0 Å². The minimum atomic E-state index is -3.90. The lowest BCUT2D eigenvalue weighted by molar-refractivity contribution is 0.214. The smallest absolute Gasteiger partial charge is 0.268 e. The fourth-order valence-electron chi connectivity index (χ4n) is 5.57. The van der Waals surface area contributed by atoms with Gasteiger partial charge in [0.25, 0.3) is 10.0 Å². The maximum atomic E-state index is 14.0. The second-order valence-electron chi connectivity index (χ2n) is 10.00. The van der Waals surface area contributed by atoms with E-state index < -0.39 is 16.1 Å². The summed E-state index contributed by atoms with van der Waals surface area (Å²) in [6, 6.07) is 45.3. The van der Waals surface area contributed by atoms with Crippen LogP contribution in [0.4, 0.5) is 0 Å². The van der Waals surface area contributed by atoms with E-state index >= 15 is 0 Å². The summed E-state index contributed by atoms with van der Waals surface area (Å²) in [5, 5.41) is 13.6. The zero-order chi connectivity index (χ0) is 28.0. The number of aliphatic hydroxyl groups excluding tert-OH is 1. The molecule has 0 bridgehead atoms. The van der Waals surface area contributed by atoms with E-state index in [1.54, 1.807) is 30.3 Å². The van der Waals surface area contributed by atoms with Gasteiger partial charge < -0.3 is 9.67 Å². The number of para-hydroxylation sites is 3. The lowest BCUT2D eigenvalue weighted by Crippen LogP contribution is -2.14. The molecule has 0 aliphatic heterocycles. The van der Waals surface area contributed by atoms with E-state index in [2.05, 4.69) is 4.57 Å². The predicted octanol–water partition coefficient (Wildman–Crippen LogP) is 7.57. The molecule has 1 N–H and O–H groups in total. The van der Waals surface area contributed by atoms with Gasteiger partial charge in [-0.2, -0.15) is 0 Å². The summed E-state index contributed by atoms with van der Waals surface area (Å²) in [5.41, 5.74) is 5.17. The molecule has 0 aliphatic carbocycles. The largest absolute Gasteiger partial charge is 0.382 e. The Morgan fingerprint density at radius 3 is 1.93 bits per heavy atom. The van der Waals surface area contributed by atoms with E-state index in [0.717, 1.165) is 27.7 Å². The quantitative estimate of drug-likeness (QED) is 0.231. The van der Waals surface area contributed by atoms with Crippen molar-refractivity contribution in [3.63, 3.8) is 0 Å². The zero-order valence-electron chi connectivity index (χ0n) is 22.0. The summed E-state index contributed by atoms with van der Waals surface area (Å²) in [4.78, 5) is 0.214. The van der Waals surface area contributed by atoms with Crippen LogP contribution in [-0.4, -0.2) is 22.1 Å². The predicted molar refractivity (Wildman–Crippen MR) is 164 cm³/mol. The molecule has 5 aromatic carbocycles. The molecule has 0 aliphatic rings. The van der Waals surface area contributed by atoms with Gasteiger partial charge in [0.15, 0.2) is 0 Å². The number of nitrogens with zero attached hydrogens (tertiary/aromatic N) is 2. The van der Waals surface area contributed by atoms with Crippen LogP contribution in [0.2, 0.25) is 0 Å². The summed E-state index contributed by atoms with van der Waals surface area (Å²) < 4.78 is 31.4. The summed E-state index contributed by atoms with van der Waals surface area (Å²) in [6.45, 7) is 0. The van der Waals surface area contributed by atoms with Crippen molar-refractivity contribution in [2.45, 2.75) is 11.0 Å². The van der Waals surface area contributed by atoms with Gasteiger partial charge in [0.1, 0.15) is 6.10 Å². The molecule has 1 atom stereocenters. The highest BCUT2D eigenvalue weighted by atomic mass is 32.2. The third kappa shape index (κ3) is 4.25. The van der Waals surface area contributed by atoms with Crippen molar-refractivity contribution in [2.24, 2.45) is 0 Å². The van der Waals surface area contributed by atoms with Crippen LogP contribution in [0.1, 0.15) is 17.4 Å². The highest BCUT2D eigenvalue weighted by Crippen LogP contribution is 2.36. The van der Waals surface area contributed by atoms with Gasteiger partial charge in [0.05, 0.1) is 27.3 Å². The summed E-state index contributed by atoms with van der Waals surface area (Å²) in [5.74, 6) is 0. The Labute approximate surface area is 238 Å². The average Bonchev–Trinajstić information content (AvgIpc) is 3.61.